The number of hydrogen-bond acceptors (Lipinski definition) is 5. The van der Waals surface area contributed by atoms with Crippen LogP contribution < -0.4 is 9.16 Å². The van der Waals surface area contributed by atoms with Crippen molar-refractivity contribution < 1.29 is 23.5 Å². The minimum atomic E-state index is -1.86. The van der Waals surface area contributed by atoms with E-state index in [4.69, 9.17) is 13.9 Å². The zero-order valence-electron chi connectivity index (χ0n) is 16.7. The third-order valence-corrected chi connectivity index (χ3v) is 4.36. The molecule has 0 aliphatic heterocycles. The maximum absolute atomic E-state index is 11.9. The first kappa shape index (κ1) is 21.4. The lowest BCUT2D eigenvalue weighted by molar-refractivity contribution is -0.137. The van der Waals surface area contributed by atoms with Gasteiger partial charge in [0, 0.05) is 19.4 Å². The molecule has 0 unspecified atom stereocenters. The van der Waals surface area contributed by atoms with Crippen molar-refractivity contribution in [1.29, 1.82) is 0 Å². The van der Waals surface area contributed by atoms with Crippen molar-refractivity contribution >= 4 is 26.3 Å². The van der Waals surface area contributed by atoms with Gasteiger partial charge in [0.1, 0.15) is 5.75 Å². The van der Waals surface area contributed by atoms with E-state index in [0.717, 1.165) is 5.56 Å². The van der Waals surface area contributed by atoms with Gasteiger partial charge in [0.2, 0.25) is 8.32 Å². The molecule has 0 saturated heterocycles. The van der Waals surface area contributed by atoms with E-state index in [-0.39, 0.29) is 0 Å². The van der Waals surface area contributed by atoms with Crippen molar-refractivity contribution in [3.63, 3.8) is 0 Å². The Morgan fingerprint density at radius 1 is 1.00 bits per heavy atom. The van der Waals surface area contributed by atoms with Gasteiger partial charge in [-0.3, -0.25) is 4.79 Å². The topological polar surface area (TPSA) is 61.8 Å². The molecule has 0 bridgehead atoms. The van der Waals surface area contributed by atoms with Crippen LogP contribution in [0, 0.1) is 0 Å². The second-order valence-electron chi connectivity index (χ2n) is 7.25. The number of hydrogen-bond donors (Lipinski definition) is 0. The van der Waals surface area contributed by atoms with Crippen LogP contribution in [0.5, 0.6) is 11.5 Å². The molecule has 2 aromatic rings. The molecule has 2 rings (SSSR count). The van der Waals surface area contributed by atoms with Crippen LogP contribution in [0.2, 0.25) is 19.6 Å². The summed E-state index contributed by atoms with van der Waals surface area (Å²) in [5.41, 5.74) is 1.82. The summed E-state index contributed by atoms with van der Waals surface area (Å²) < 4.78 is 16.4. The highest BCUT2D eigenvalue weighted by molar-refractivity contribution is 6.70. The van der Waals surface area contributed by atoms with Crippen molar-refractivity contribution in [1.82, 2.24) is 0 Å². The van der Waals surface area contributed by atoms with Crippen molar-refractivity contribution in [2.75, 3.05) is 6.61 Å². The fourth-order valence-corrected chi connectivity index (χ4v) is 3.23. The lowest BCUT2D eigenvalue weighted by Crippen LogP contribution is -2.29. The summed E-state index contributed by atoms with van der Waals surface area (Å²) in [6.07, 6.45) is 3.65. The summed E-state index contributed by atoms with van der Waals surface area (Å²) in [7, 11) is -1.86. The zero-order chi connectivity index (χ0) is 20.6. The average molecular weight is 399 g/mol. The van der Waals surface area contributed by atoms with Crippen molar-refractivity contribution in [3.8, 4) is 11.5 Å². The van der Waals surface area contributed by atoms with Gasteiger partial charge in [0.15, 0.2) is 5.75 Å². The van der Waals surface area contributed by atoms with Crippen LogP contribution in [0.3, 0.4) is 0 Å². The van der Waals surface area contributed by atoms with E-state index in [2.05, 4.69) is 0 Å². The van der Waals surface area contributed by atoms with Gasteiger partial charge in [-0.15, -0.1) is 0 Å². The number of ether oxygens (including phenoxy) is 2. The molecule has 6 heteroatoms. The van der Waals surface area contributed by atoms with Gasteiger partial charge >= 0.3 is 11.9 Å². The molecule has 0 fully saturated rings. The van der Waals surface area contributed by atoms with Crippen LogP contribution in [0.4, 0.5) is 0 Å². The standard InChI is InChI=1S/C22H26O5Si/c1-17(23)26-21-16-19(10-12-20(21)27-28(2,3)4)11-13-22(24)25-15-14-18-8-6-5-7-9-18/h5-13,16H,14-15H2,1-4H3/b13-11+. The van der Waals surface area contributed by atoms with Crippen LogP contribution in [0.15, 0.2) is 54.6 Å². The van der Waals surface area contributed by atoms with Crippen LogP contribution in [0.1, 0.15) is 18.1 Å². The molecule has 0 N–H and O–H groups in total. The molecule has 0 spiro atoms. The van der Waals surface area contributed by atoms with E-state index in [1.165, 1.54) is 13.0 Å². The van der Waals surface area contributed by atoms with E-state index < -0.39 is 20.3 Å². The normalized spacial score (nSPS) is 11.3. The Balaban J connectivity index is 1.99. The molecule has 0 aliphatic rings. The van der Waals surface area contributed by atoms with Gasteiger partial charge < -0.3 is 13.9 Å². The molecule has 0 aliphatic carbocycles. The quantitative estimate of drug-likeness (QED) is 0.281. The summed E-state index contributed by atoms with van der Waals surface area (Å²) in [6, 6.07) is 15.1. The lowest BCUT2D eigenvalue weighted by Gasteiger charge is -2.21. The van der Waals surface area contributed by atoms with E-state index in [9.17, 15) is 9.59 Å². The number of carbonyl (C=O) groups excluding carboxylic acids is 2. The summed E-state index contributed by atoms with van der Waals surface area (Å²) in [5, 5.41) is 0. The predicted molar refractivity (Wildman–Crippen MR) is 112 cm³/mol. The molecule has 2 aromatic carbocycles. The predicted octanol–water partition coefficient (Wildman–Crippen LogP) is 4.62. The monoisotopic (exact) mass is 398 g/mol. The Bertz CT molecular complexity index is 838. The summed E-state index contributed by atoms with van der Waals surface area (Å²) in [4.78, 5) is 23.3. The Labute approximate surface area is 167 Å². The van der Waals surface area contributed by atoms with Gasteiger partial charge in [-0.1, -0.05) is 36.4 Å². The minimum absolute atomic E-state index is 0.314. The second kappa shape index (κ2) is 9.89. The van der Waals surface area contributed by atoms with Crippen LogP contribution in [-0.4, -0.2) is 26.9 Å². The molecule has 0 amide bonds. The maximum Gasteiger partial charge on any atom is 0.330 e. The van der Waals surface area contributed by atoms with Crippen molar-refractivity contribution in [2.45, 2.75) is 33.0 Å². The second-order valence-corrected chi connectivity index (χ2v) is 11.7. The van der Waals surface area contributed by atoms with Crippen LogP contribution in [-0.2, 0) is 20.7 Å². The molecular formula is C22H26O5Si. The van der Waals surface area contributed by atoms with Crippen LogP contribution in [0.25, 0.3) is 6.08 Å². The number of benzene rings is 2. The fourth-order valence-electron chi connectivity index (χ4n) is 2.40. The lowest BCUT2D eigenvalue weighted by atomic mass is 10.2. The zero-order valence-corrected chi connectivity index (χ0v) is 17.7. The van der Waals surface area contributed by atoms with Gasteiger partial charge in [0.05, 0.1) is 6.61 Å². The molecule has 0 saturated carbocycles. The van der Waals surface area contributed by atoms with E-state index >= 15 is 0 Å². The molecule has 0 atom stereocenters. The smallest absolute Gasteiger partial charge is 0.330 e. The molecule has 0 heterocycles. The highest BCUT2D eigenvalue weighted by Crippen LogP contribution is 2.31. The SMILES string of the molecule is CC(=O)Oc1cc(/C=C/C(=O)OCCc2ccccc2)ccc1O[Si](C)(C)C. The minimum Gasteiger partial charge on any atom is -0.542 e. The fraction of sp³-hybridized carbons (Fsp3) is 0.273. The number of carbonyl (C=O) groups is 2. The highest BCUT2D eigenvalue weighted by atomic mass is 28.4. The number of rotatable bonds is 8. The third-order valence-electron chi connectivity index (χ3n) is 3.53. The summed E-state index contributed by atoms with van der Waals surface area (Å²) in [5.74, 6) is 0.0146. The first-order valence-corrected chi connectivity index (χ1v) is 12.5. The van der Waals surface area contributed by atoms with Gasteiger partial charge in [-0.2, -0.15) is 0 Å². The number of esters is 2. The molecule has 0 radical (unpaired) electrons. The molecule has 28 heavy (non-hydrogen) atoms. The van der Waals surface area contributed by atoms with Crippen molar-refractivity contribution in [2.24, 2.45) is 0 Å². The molecule has 148 valence electrons. The first-order chi connectivity index (χ1) is 13.2. The molecular weight excluding hydrogens is 372 g/mol. The van der Waals surface area contributed by atoms with E-state index in [0.29, 0.717) is 30.1 Å². The van der Waals surface area contributed by atoms with E-state index in [1.807, 2.05) is 50.0 Å². The Morgan fingerprint density at radius 2 is 1.71 bits per heavy atom. The van der Waals surface area contributed by atoms with Gasteiger partial charge in [0.25, 0.3) is 0 Å². The molecule has 5 nitrogen and oxygen atoms in total. The van der Waals surface area contributed by atoms with Gasteiger partial charge in [-0.05, 0) is 49.0 Å². The van der Waals surface area contributed by atoms with Crippen LogP contribution >= 0.6 is 0 Å². The Morgan fingerprint density at radius 3 is 2.36 bits per heavy atom. The first-order valence-electron chi connectivity index (χ1n) is 9.13. The molecule has 0 aromatic heterocycles. The van der Waals surface area contributed by atoms with E-state index in [1.54, 1.807) is 24.3 Å². The van der Waals surface area contributed by atoms with Gasteiger partial charge in [-0.25, -0.2) is 4.79 Å². The average Bonchev–Trinajstić information content (AvgIpc) is 2.61. The largest absolute Gasteiger partial charge is 0.542 e. The summed E-state index contributed by atoms with van der Waals surface area (Å²) in [6.45, 7) is 7.79. The highest BCUT2D eigenvalue weighted by Gasteiger charge is 2.19. The third kappa shape index (κ3) is 7.80. The Kier molecular flexibility index (Phi) is 7.58. The maximum atomic E-state index is 11.9. The Hall–Kier alpha value is -2.86. The summed E-state index contributed by atoms with van der Waals surface area (Å²) >= 11 is 0. The van der Waals surface area contributed by atoms with Crippen molar-refractivity contribution in [3.05, 3.63) is 65.7 Å².